The van der Waals surface area contributed by atoms with Gasteiger partial charge in [-0.3, -0.25) is 4.79 Å². The molecule has 0 spiro atoms. The number of carbonyl (C=O) groups is 2. The molecule has 24 heavy (non-hydrogen) atoms. The molecule has 1 aromatic carbocycles. The Morgan fingerprint density at radius 1 is 1.25 bits per heavy atom. The minimum Gasteiger partial charge on any atom is -0.444 e. The molecule has 3 rings (SSSR count). The van der Waals surface area contributed by atoms with Gasteiger partial charge in [-0.1, -0.05) is 30.3 Å². The average Bonchev–Trinajstić information content (AvgIpc) is 3.09. The van der Waals surface area contributed by atoms with E-state index < -0.39 is 23.3 Å². The first kappa shape index (κ1) is 16.7. The topological polar surface area (TPSA) is 75.6 Å². The standard InChI is InChI=1S/C18H19NO4S/c1-17(2,3)23-16(22)19-18(13-9-6-10-24-13)14(20)11-7-4-5-8-12(11)15(18)21/h4-10,14,20H,1-3H3,(H,19,22)/t14-,18-/m0/s1. The fraction of sp³-hybridized carbons (Fsp3) is 0.333. The molecule has 0 saturated heterocycles. The summed E-state index contributed by atoms with van der Waals surface area (Å²) < 4.78 is 5.31. The third-order valence-electron chi connectivity index (χ3n) is 3.88. The van der Waals surface area contributed by atoms with Crippen molar-refractivity contribution in [2.24, 2.45) is 0 Å². The first-order chi connectivity index (χ1) is 11.3. The van der Waals surface area contributed by atoms with Gasteiger partial charge in [-0.15, -0.1) is 11.3 Å². The number of ketones is 1. The molecule has 0 fully saturated rings. The highest BCUT2D eigenvalue weighted by atomic mass is 32.1. The van der Waals surface area contributed by atoms with E-state index in [1.807, 2.05) is 0 Å². The van der Waals surface area contributed by atoms with Gasteiger partial charge < -0.3 is 15.2 Å². The number of amides is 1. The SMILES string of the molecule is CC(C)(C)OC(=O)N[C@]1(c2cccs2)C(=O)c2ccccc2[C@@H]1O. The molecule has 1 heterocycles. The van der Waals surface area contributed by atoms with E-state index in [0.29, 0.717) is 16.0 Å². The fourth-order valence-corrected chi connectivity index (χ4v) is 3.82. The number of hydrogen-bond donors (Lipinski definition) is 2. The Hall–Kier alpha value is -2.18. The van der Waals surface area contributed by atoms with E-state index in [0.717, 1.165) is 0 Å². The van der Waals surface area contributed by atoms with Crippen LogP contribution in [-0.2, 0) is 10.3 Å². The smallest absolute Gasteiger partial charge is 0.408 e. The number of hydrogen-bond acceptors (Lipinski definition) is 5. The number of nitrogens with one attached hydrogen (secondary N) is 1. The number of thiophene rings is 1. The molecule has 1 amide bonds. The maximum atomic E-state index is 13.1. The summed E-state index contributed by atoms with van der Waals surface area (Å²) in [5.74, 6) is -0.334. The van der Waals surface area contributed by atoms with Gasteiger partial charge in [0.1, 0.15) is 11.7 Å². The van der Waals surface area contributed by atoms with Gasteiger partial charge in [0.2, 0.25) is 0 Å². The number of alkyl carbamates (subject to hydrolysis) is 1. The lowest BCUT2D eigenvalue weighted by Crippen LogP contribution is -2.53. The Bertz CT molecular complexity index is 779. The summed E-state index contributed by atoms with van der Waals surface area (Å²) in [5, 5.41) is 15.3. The molecular formula is C18H19NO4S. The van der Waals surface area contributed by atoms with E-state index in [2.05, 4.69) is 5.32 Å². The van der Waals surface area contributed by atoms with Crippen LogP contribution in [0.15, 0.2) is 41.8 Å². The number of carbonyl (C=O) groups excluding carboxylic acids is 2. The third kappa shape index (κ3) is 2.61. The normalized spacial score (nSPS) is 23.0. The van der Waals surface area contributed by atoms with Crippen LogP contribution >= 0.6 is 11.3 Å². The lowest BCUT2D eigenvalue weighted by Gasteiger charge is -2.32. The van der Waals surface area contributed by atoms with E-state index >= 15 is 0 Å². The van der Waals surface area contributed by atoms with Crippen molar-refractivity contribution in [3.05, 3.63) is 57.8 Å². The molecule has 2 aromatic rings. The zero-order valence-electron chi connectivity index (χ0n) is 13.7. The Kier molecular flexibility index (Phi) is 3.97. The molecule has 1 aliphatic carbocycles. The van der Waals surface area contributed by atoms with Crippen molar-refractivity contribution < 1.29 is 19.4 Å². The number of aliphatic hydroxyl groups is 1. The summed E-state index contributed by atoms with van der Waals surface area (Å²) in [6.07, 6.45) is -1.91. The van der Waals surface area contributed by atoms with Gasteiger partial charge in [-0.25, -0.2) is 4.79 Å². The second-order valence-electron chi connectivity index (χ2n) is 6.73. The largest absolute Gasteiger partial charge is 0.444 e. The van der Waals surface area contributed by atoms with Gasteiger partial charge in [0.15, 0.2) is 11.3 Å². The van der Waals surface area contributed by atoms with Crippen LogP contribution < -0.4 is 5.32 Å². The van der Waals surface area contributed by atoms with Gasteiger partial charge in [-0.2, -0.15) is 0 Å². The summed E-state index contributed by atoms with van der Waals surface area (Å²) in [7, 11) is 0. The molecule has 2 N–H and O–H groups in total. The van der Waals surface area contributed by atoms with Crippen LogP contribution in [0.2, 0.25) is 0 Å². The Morgan fingerprint density at radius 2 is 1.96 bits per heavy atom. The molecule has 0 bridgehead atoms. The second-order valence-corrected chi connectivity index (χ2v) is 7.68. The molecule has 6 heteroatoms. The number of ether oxygens (including phenoxy) is 1. The molecule has 1 aliphatic rings. The van der Waals surface area contributed by atoms with E-state index in [4.69, 9.17) is 4.74 Å². The predicted octanol–water partition coefficient (Wildman–Crippen LogP) is 3.40. The molecule has 2 atom stereocenters. The number of aliphatic hydroxyl groups excluding tert-OH is 1. The highest BCUT2D eigenvalue weighted by molar-refractivity contribution is 7.10. The fourth-order valence-electron chi connectivity index (χ4n) is 2.91. The van der Waals surface area contributed by atoms with Crippen molar-refractivity contribution >= 4 is 23.2 Å². The van der Waals surface area contributed by atoms with Crippen LogP contribution in [0.25, 0.3) is 0 Å². The first-order valence-electron chi connectivity index (χ1n) is 7.62. The van der Waals surface area contributed by atoms with E-state index in [9.17, 15) is 14.7 Å². The molecule has 0 radical (unpaired) electrons. The first-order valence-corrected chi connectivity index (χ1v) is 8.50. The second kappa shape index (κ2) is 5.72. The number of rotatable bonds is 2. The summed E-state index contributed by atoms with van der Waals surface area (Å²) >= 11 is 1.31. The summed E-state index contributed by atoms with van der Waals surface area (Å²) in [6.45, 7) is 5.23. The zero-order valence-corrected chi connectivity index (χ0v) is 14.5. The molecule has 5 nitrogen and oxygen atoms in total. The Labute approximate surface area is 144 Å². The van der Waals surface area contributed by atoms with Crippen LogP contribution in [0.1, 0.15) is 47.7 Å². The van der Waals surface area contributed by atoms with Crippen LogP contribution in [0.4, 0.5) is 4.79 Å². The van der Waals surface area contributed by atoms with Crippen molar-refractivity contribution in [1.82, 2.24) is 5.32 Å². The predicted molar refractivity (Wildman–Crippen MR) is 91.1 cm³/mol. The van der Waals surface area contributed by atoms with Crippen molar-refractivity contribution in [2.45, 2.75) is 38.0 Å². The van der Waals surface area contributed by atoms with Gasteiger partial charge in [-0.05, 0) is 37.8 Å². The maximum Gasteiger partial charge on any atom is 0.408 e. The van der Waals surface area contributed by atoms with E-state index in [1.165, 1.54) is 11.3 Å². The summed E-state index contributed by atoms with van der Waals surface area (Å²) in [6, 6.07) is 10.4. The van der Waals surface area contributed by atoms with Gasteiger partial charge in [0.05, 0.1) is 0 Å². The number of fused-ring (bicyclic) bond motifs is 1. The molecule has 126 valence electrons. The highest BCUT2D eigenvalue weighted by Crippen LogP contribution is 2.47. The highest BCUT2D eigenvalue weighted by Gasteiger charge is 2.56. The van der Waals surface area contributed by atoms with Crippen molar-refractivity contribution in [2.75, 3.05) is 0 Å². The molecule has 0 unspecified atom stereocenters. The zero-order chi connectivity index (χ0) is 17.5. The van der Waals surface area contributed by atoms with E-state index in [-0.39, 0.29) is 5.78 Å². The lowest BCUT2D eigenvalue weighted by atomic mass is 9.90. The van der Waals surface area contributed by atoms with Gasteiger partial charge in [0.25, 0.3) is 0 Å². The maximum absolute atomic E-state index is 13.1. The van der Waals surface area contributed by atoms with Crippen LogP contribution in [0.3, 0.4) is 0 Å². The van der Waals surface area contributed by atoms with Crippen molar-refractivity contribution in [3.8, 4) is 0 Å². The van der Waals surface area contributed by atoms with Crippen LogP contribution in [0.5, 0.6) is 0 Å². The van der Waals surface area contributed by atoms with Crippen LogP contribution in [0, 0.1) is 0 Å². The van der Waals surface area contributed by atoms with E-state index in [1.54, 1.807) is 62.5 Å². The van der Waals surface area contributed by atoms with Gasteiger partial charge >= 0.3 is 6.09 Å². The Morgan fingerprint density at radius 3 is 2.54 bits per heavy atom. The number of Topliss-reactive ketones (excluding diaryl/α,β-unsaturated/α-hetero) is 1. The minimum atomic E-state index is -1.56. The number of benzene rings is 1. The quantitative estimate of drug-likeness (QED) is 0.875. The Balaban J connectivity index is 2.07. The monoisotopic (exact) mass is 345 g/mol. The van der Waals surface area contributed by atoms with Crippen molar-refractivity contribution in [3.63, 3.8) is 0 Å². The lowest BCUT2D eigenvalue weighted by molar-refractivity contribution is 0.0245. The van der Waals surface area contributed by atoms with Crippen LogP contribution in [-0.4, -0.2) is 22.6 Å². The van der Waals surface area contributed by atoms with Gasteiger partial charge in [0, 0.05) is 10.4 Å². The third-order valence-corrected chi connectivity index (χ3v) is 4.88. The summed E-state index contributed by atoms with van der Waals surface area (Å²) in [5.41, 5.74) is -1.35. The molecule has 0 aliphatic heterocycles. The van der Waals surface area contributed by atoms with Crippen molar-refractivity contribution in [1.29, 1.82) is 0 Å². The molecular weight excluding hydrogens is 326 g/mol. The minimum absolute atomic E-state index is 0.334. The summed E-state index contributed by atoms with van der Waals surface area (Å²) in [4.78, 5) is 26.0. The molecule has 1 aromatic heterocycles. The average molecular weight is 345 g/mol. The molecule has 0 saturated carbocycles.